The largest absolute Gasteiger partial charge is 0.444 e. The van der Waals surface area contributed by atoms with Crippen LogP contribution < -0.4 is 5.32 Å². The predicted octanol–water partition coefficient (Wildman–Crippen LogP) is 1.50. The lowest BCUT2D eigenvalue weighted by Crippen LogP contribution is -2.41. The first-order chi connectivity index (χ1) is 10.4. The normalized spacial score (nSPS) is 19.9. The number of fused-ring (bicyclic) bond motifs is 1. The van der Waals surface area contributed by atoms with Gasteiger partial charge in [0.1, 0.15) is 17.2 Å². The van der Waals surface area contributed by atoms with Crippen LogP contribution in [0.15, 0.2) is 0 Å². The Labute approximate surface area is 131 Å². The zero-order valence-corrected chi connectivity index (χ0v) is 13.6. The van der Waals surface area contributed by atoms with Gasteiger partial charge in [0, 0.05) is 32.1 Å². The van der Waals surface area contributed by atoms with Crippen molar-refractivity contribution in [3.05, 3.63) is 11.6 Å². The van der Waals surface area contributed by atoms with Gasteiger partial charge in [-0.1, -0.05) is 0 Å². The smallest absolute Gasteiger partial charge is 0.410 e. The van der Waals surface area contributed by atoms with Crippen LogP contribution in [0.1, 0.15) is 51.2 Å². The summed E-state index contributed by atoms with van der Waals surface area (Å²) in [6, 6.07) is 0. The van der Waals surface area contributed by atoms with Crippen LogP contribution in [0.3, 0.4) is 0 Å². The lowest BCUT2D eigenvalue weighted by atomic mass is 9.96. The maximum Gasteiger partial charge on any atom is 0.410 e. The number of hydrogen-bond acceptors (Lipinski definition) is 5. The average molecular weight is 307 g/mol. The number of carbonyl (C=O) groups excluding carboxylic acids is 1. The Morgan fingerprint density at radius 1 is 1.23 bits per heavy atom. The quantitative estimate of drug-likeness (QED) is 0.851. The Balaban J connectivity index is 1.60. The average Bonchev–Trinajstić information content (AvgIpc) is 2.89. The van der Waals surface area contributed by atoms with Crippen LogP contribution in [0.5, 0.6) is 0 Å². The number of nitrogens with one attached hydrogen (secondary N) is 1. The number of aromatic nitrogens is 3. The molecule has 3 heterocycles. The van der Waals surface area contributed by atoms with Crippen molar-refractivity contribution in [2.24, 2.45) is 0 Å². The van der Waals surface area contributed by atoms with Crippen LogP contribution in [-0.4, -0.2) is 51.0 Å². The second kappa shape index (κ2) is 5.87. The van der Waals surface area contributed by atoms with Crippen molar-refractivity contribution >= 4 is 6.09 Å². The molecule has 0 bridgehead atoms. The van der Waals surface area contributed by atoms with E-state index >= 15 is 0 Å². The van der Waals surface area contributed by atoms with E-state index in [0.717, 1.165) is 57.2 Å². The molecule has 0 unspecified atom stereocenters. The Bertz CT molecular complexity index is 541. The number of hydrogen-bond donors (Lipinski definition) is 1. The molecule has 122 valence electrons. The van der Waals surface area contributed by atoms with E-state index in [1.807, 2.05) is 20.8 Å². The van der Waals surface area contributed by atoms with Gasteiger partial charge in [0.2, 0.25) is 0 Å². The summed E-state index contributed by atoms with van der Waals surface area (Å²) in [6.07, 6.45) is 1.63. The topological polar surface area (TPSA) is 72.3 Å². The monoisotopic (exact) mass is 307 g/mol. The molecule has 0 spiro atoms. The van der Waals surface area contributed by atoms with E-state index in [2.05, 4.69) is 20.1 Å². The molecule has 3 rings (SSSR count). The molecule has 2 aliphatic rings. The lowest BCUT2D eigenvalue weighted by Gasteiger charge is -2.33. The number of amides is 1. The van der Waals surface area contributed by atoms with Gasteiger partial charge < -0.3 is 19.5 Å². The van der Waals surface area contributed by atoms with Crippen LogP contribution in [0, 0.1) is 0 Å². The third-order valence-electron chi connectivity index (χ3n) is 4.16. The van der Waals surface area contributed by atoms with Crippen molar-refractivity contribution in [2.75, 3.05) is 19.6 Å². The highest BCUT2D eigenvalue weighted by Crippen LogP contribution is 2.28. The third-order valence-corrected chi connectivity index (χ3v) is 4.16. The summed E-state index contributed by atoms with van der Waals surface area (Å²) in [4.78, 5) is 13.9. The van der Waals surface area contributed by atoms with Gasteiger partial charge in [-0.15, -0.1) is 10.2 Å². The van der Waals surface area contributed by atoms with Crippen LogP contribution in [0.2, 0.25) is 0 Å². The Morgan fingerprint density at radius 2 is 1.95 bits per heavy atom. The molecule has 7 heteroatoms. The molecule has 0 aromatic carbocycles. The van der Waals surface area contributed by atoms with Crippen LogP contribution in [0.4, 0.5) is 4.79 Å². The third kappa shape index (κ3) is 3.24. The highest BCUT2D eigenvalue weighted by atomic mass is 16.6. The van der Waals surface area contributed by atoms with Crippen molar-refractivity contribution in [1.29, 1.82) is 0 Å². The van der Waals surface area contributed by atoms with Gasteiger partial charge in [-0.3, -0.25) is 0 Å². The summed E-state index contributed by atoms with van der Waals surface area (Å²) in [5, 5.41) is 12.0. The molecule has 22 heavy (non-hydrogen) atoms. The second-order valence-electron chi connectivity index (χ2n) is 7.04. The van der Waals surface area contributed by atoms with Gasteiger partial charge >= 0.3 is 6.09 Å². The van der Waals surface area contributed by atoms with Gasteiger partial charge in [0.25, 0.3) is 0 Å². The van der Waals surface area contributed by atoms with Crippen LogP contribution in [0.25, 0.3) is 0 Å². The molecule has 0 aliphatic carbocycles. The van der Waals surface area contributed by atoms with Crippen molar-refractivity contribution in [3.63, 3.8) is 0 Å². The van der Waals surface area contributed by atoms with E-state index in [9.17, 15) is 4.79 Å². The summed E-state index contributed by atoms with van der Waals surface area (Å²) in [7, 11) is 0. The zero-order chi connectivity index (χ0) is 15.7. The molecule has 2 aliphatic heterocycles. The van der Waals surface area contributed by atoms with E-state index < -0.39 is 5.60 Å². The molecule has 0 atom stereocenters. The van der Waals surface area contributed by atoms with E-state index in [-0.39, 0.29) is 6.09 Å². The van der Waals surface area contributed by atoms with E-state index in [0.29, 0.717) is 5.92 Å². The fourth-order valence-electron chi connectivity index (χ4n) is 3.06. The van der Waals surface area contributed by atoms with Crippen molar-refractivity contribution in [1.82, 2.24) is 25.0 Å². The number of piperidine rings is 1. The molecule has 1 saturated heterocycles. The Kier molecular flexibility index (Phi) is 4.08. The zero-order valence-electron chi connectivity index (χ0n) is 13.6. The molecule has 1 N–H and O–H groups in total. The molecule has 1 amide bonds. The number of nitrogens with zero attached hydrogens (tertiary/aromatic N) is 4. The van der Waals surface area contributed by atoms with Crippen molar-refractivity contribution in [3.8, 4) is 0 Å². The van der Waals surface area contributed by atoms with Crippen LogP contribution >= 0.6 is 0 Å². The van der Waals surface area contributed by atoms with Gasteiger partial charge in [-0.2, -0.15) is 0 Å². The summed E-state index contributed by atoms with van der Waals surface area (Å²) < 4.78 is 7.68. The van der Waals surface area contributed by atoms with Gasteiger partial charge in [0.05, 0.1) is 6.54 Å². The summed E-state index contributed by atoms with van der Waals surface area (Å²) >= 11 is 0. The SMILES string of the molecule is CC(C)(C)OC(=O)N1CCC(c2nnc3n2CCNC3)CC1. The summed E-state index contributed by atoms with van der Waals surface area (Å²) in [6.45, 7) is 9.83. The molecule has 0 radical (unpaired) electrons. The van der Waals surface area contributed by atoms with Gasteiger partial charge in [0.15, 0.2) is 0 Å². The number of ether oxygens (including phenoxy) is 1. The Morgan fingerprint density at radius 3 is 2.64 bits per heavy atom. The number of carbonyl (C=O) groups is 1. The molecule has 1 aromatic heterocycles. The summed E-state index contributed by atoms with van der Waals surface area (Å²) in [5.74, 6) is 2.49. The van der Waals surface area contributed by atoms with Crippen molar-refractivity contribution < 1.29 is 9.53 Å². The molecule has 1 aromatic rings. The van der Waals surface area contributed by atoms with E-state index in [4.69, 9.17) is 4.74 Å². The van der Waals surface area contributed by atoms with Gasteiger partial charge in [-0.25, -0.2) is 4.79 Å². The minimum Gasteiger partial charge on any atom is -0.444 e. The lowest BCUT2D eigenvalue weighted by molar-refractivity contribution is 0.0202. The standard InChI is InChI=1S/C15H25N5O2/c1-15(2,3)22-14(21)19-7-4-11(5-8-19)13-18-17-12-10-16-6-9-20(12)13/h11,16H,4-10H2,1-3H3. The van der Waals surface area contributed by atoms with Gasteiger partial charge in [-0.05, 0) is 33.6 Å². The molecule has 7 nitrogen and oxygen atoms in total. The molecular formula is C15H25N5O2. The molecule has 0 saturated carbocycles. The van der Waals surface area contributed by atoms with E-state index in [1.165, 1.54) is 0 Å². The number of rotatable bonds is 1. The first-order valence-corrected chi connectivity index (χ1v) is 8.04. The fraction of sp³-hybridized carbons (Fsp3) is 0.800. The minimum atomic E-state index is -0.437. The number of likely N-dealkylation sites (tertiary alicyclic amines) is 1. The highest BCUT2D eigenvalue weighted by molar-refractivity contribution is 5.68. The Hall–Kier alpha value is -1.63. The summed E-state index contributed by atoms with van der Waals surface area (Å²) in [5.41, 5.74) is -0.437. The fourth-order valence-corrected chi connectivity index (χ4v) is 3.06. The molecule has 1 fully saturated rings. The predicted molar refractivity (Wildman–Crippen MR) is 81.5 cm³/mol. The first kappa shape index (κ1) is 15.3. The molecular weight excluding hydrogens is 282 g/mol. The van der Waals surface area contributed by atoms with E-state index in [1.54, 1.807) is 4.90 Å². The second-order valence-corrected chi connectivity index (χ2v) is 7.04. The maximum absolute atomic E-state index is 12.1. The van der Waals surface area contributed by atoms with Crippen molar-refractivity contribution in [2.45, 2.75) is 58.2 Å². The maximum atomic E-state index is 12.1. The van der Waals surface area contributed by atoms with Crippen LogP contribution in [-0.2, 0) is 17.8 Å². The first-order valence-electron chi connectivity index (χ1n) is 8.04. The minimum absolute atomic E-state index is 0.210. The highest BCUT2D eigenvalue weighted by Gasteiger charge is 2.30.